The van der Waals surface area contributed by atoms with Crippen molar-refractivity contribution >= 4 is 11.9 Å². The molecule has 0 spiro atoms. The van der Waals surface area contributed by atoms with Crippen molar-refractivity contribution in [3.63, 3.8) is 0 Å². The predicted molar refractivity (Wildman–Crippen MR) is 125 cm³/mol. The molecule has 0 radical (unpaired) electrons. The molecular formula is C27H30O6. The summed E-state index contributed by atoms with van der Waals surface area (Å²) in [5, 5.41) is 0. The van der Waals surface area contributed by atoms with Crippen LogP contribution < -0.4 is 0 Å². The van der Waals surface area contributed by atoms with Crippen LogP contribution in [0.3, 0.4) is 0 Å². The summed E-state index contributed by atoms with van der Waals surface area (Å²) in [6, 6.07) is 19.7. The van der Waals surface area contributed by atoms with Crippen LogP contribution in [-0.4, -0.2) is 45.0 Å². The molecular weight excluding hydrogens is 420 g/mol. The Labute approximate surface area is 194 Å². The second kappa shape index (κ2) is 10.6. The largest absolute Gasteiger partial charge is 0.461 e. The minimum atomic E-state index is -0.614. The fourth-order valence-electron chi connectivity index (χ4n) is 3.38. The summed E-state index contributed by atoms with van der Waals surface area (Å²) in [5.74, 6) is -0.709. The van der Waals surface area contributed by atoms with E-state index in [1.54, 1.807) is 13.8 Å². The summed E-state index contributed by atoms with van der Waals surface area (Å²) in [4.78, 5) is 22.9. The normalized spacial score (nSPS) is 17.2. The number of esters is 2. The van der Waals surface area contributed by atoms with Crippen LogP contribution in [0.2, 0.25) is 0 Å². The van der Waals surface area contributed by atoms with Crippen molar-refractivity contribution in [2.24, 2.45) is 0 Å². The van der Waals surface area contributed by atoms with E-state index in [-0.39, 0.29) is 17.4 Å². The van der Waals surface area contributed by atoms with E-state index in [0.29, 0.717) is 44.2 Å². The van der Waals surface area contributed by atoms with Gasteiger partial charge >= 0.3 is 11.9 Å². The van der Waals surface area contributed by atoms with Crippen molar-refractivity contribution in [3.8, 4) is 0 Å². The summed E-state index contributed by atoms with van der Waals surface area (Å²) >= 11 is 0. The maximum atomic E-state index is 11.5. The third-order valence-corrected chi connectivity index (χ3v) is 5.58. The van der Waals surface area contributed by atoms with Crippen LogP contribution in [0.25, 0.3) is 0 Å². The third-order valence-electron chi connectivity index (χ3n) is 5.58. The van der Waals surface area contributed by atoms with Gasteiger partial charge in [0.05, 0.1) is 31.8 Å². The van der Waals surface area contributed by atoms with Gasteiger partial charge in [0.1, 0.15) is 6.61 Å². The van der Waals surface area contributed by atoms with Crippen molar-refractivity contribution < 1.29 is 28.5 Å². The predicted octanol–water partition coefficient (Wildman–Crippen LogP) is 4.11. The van der Waals surface area contributed by atoms with Gasteiger partial charge in [-0.15, -0.1) is 0 Å². The Morgan fingerprint density at radius 3 is 1.67 bits per heavy atom. The lowest BCUT2D eigenvalue weighted by atomic mass is 9.79. The smallest absolute Gasteiger partial charge is 0.334 e. The Kier molecular flexibility index (Phi) is 7.84. The Hall–Kier alpha value is -3.22. The van der Waals surface area contributed by atoms with Crippen LogP contribution in [0.5, 0.6) is 0 Å². The fraction of sp³-hybridized carbons (Fsp3) is 0.333. The molecule has 2 saturated heterocycles. The molecule has 6 nitrogen and oxygen atoms in total. The number of hydrogen-bond donors (Lipinski definition) is 0. The van der Waals surface area contributed by atoms with E-state index >= 15 is 0 Å². The maximum Gasteiger partial charge on any atom is 0.334 e. The van der Waals surface area contributed by atoms with Crippen LogP contribution in [0.4, 0.5) is 0 Å². The van der Waals surface area contributed by atoms with E-state index in [2.05, 4.69) is 13.2 Å². The molecule has 33 heavy (non-hydrogen) atoms. The zero-order valence-corrected chi connectivity index (χ0v) is 19.2. The Morgan fingerprint density at radius 2 is 1.27 bits per heavy atom. The average molecular weight is 451 g/mol. The zero-order chi connectivity index (χ0) is 23.9. The number of rotatable bonds is 7. The molecule has 6 heteroatoms. The van der Waals surface area contributed by atoms with E-state index < -0.39 is 5.60 Å². The van der Waals surface area contributed by atoms with Gasteiger partial charge in [-0.05, 0) is 19.4 Å². The molecule has 0 N–H and O–H groups in total. The lowest BCUT2D eigenvalue weighted by Gasteiger charge is -2.41. The molecule has 2 aliphatic rings. The zero-order valence-electron chi connectivity index (χ0n) is 19.2. The van der Waals surface area contributed by atoms with Gasteiger partial charge in [-0.25, -0.2) is 9.59 Å². The number of hydrogen-bond acceptors (Lipinski definition) is 6. The second-order valence-electron chi connectivity index (χ2n) is 8.52. The molecule has 2 aromatic carbocycles. The van der Waals surface area contributed by atoms with Gasteiger partial charge in [0.15, 0.2) is 5.60 Å². The summed E-state index contributed by atoms with van der Waals surface area (Å²) in [5.41, 5.74) is 2.16. The third kappa shape index (κ3) is 5.78. The molecule has 0 atom stereocenters. The van der Waals surface area contributed by atoms with Gasteiger partial charge in [-0.3, -0.25) is 0 Å². The highest BCUT2D eigenvalue weighted by Gasteiger charge is 2.44. The number of benzene rings is 2. The average Bonchev–Trinajstić information content (AvgIpc) is 2.77. The second-order valence-corrected chi connectivity index (χ2v) is 8.52. The van der Waals surface area contributed by atoms with Gasteiger partial charge in [0, 0.05) is 16.7 Å². The monoisotopic (exact) mass is 450 g/mol. The van der Waals surface area contributed by atoms with E-state index in [9.17, 15) is 9.59 Å². The molecule has 0 bridgehead atoms. The highest BCUT2D eigenvalue weighted by atomic mass is 16.6. The standard InChI is InChI=1S/C14H16O3.C13H14O3/c1-11(2)13(15)17-10-14(8-16-9-14)12-6-4-3-5-7-12;1-10(2)12(14)16-13(8-15-9-13)11-6-4-3-5-7-11/h3-7H,1,8-10H2,2H3;3-7H,1,8-9H2,2H3. The molecule has 2 heterocycles. The van der Waals surface area contributed by atoms with Crippen LogP contribution in [0.15, 0.2) is 85.0 Å². The molecule has 0 saturated carbocycles. The SMILES string of the molecule is C=C(C)C(=O)OC1(c2ccccc2)COC1.C=C(C)C(=O)OCC1(c2ccccc2)COC1. The summed E-state index contributed by atoms with van der Waals surface area (Å²) in [7, 11) is 0. The van der Waals surface area contributed by atoms with Gasteiger partial charge in [0.25, 0.3) is 0 Å². The lowest BCUT2D eigenvalue weighted by Crippen LogP contribution is -2.50. The molecule has 0 aromatic heterocycles. The van der Waals surface area contributed by atoms with Crippen molar-refractivity contribution in [1.29, 1.82) is 0 Å². The van der Waals surface area contributed by atoms with E-state index in [1.165, 1.54) is 0 Å². The maximum absolute atomic E-state index is 11.5. The lowest BCUT2D eigenvalue weighted by molar-refractivity contribution is -0.214. The molecule has 0 amide bonds. The Morgan fingerprint density at radius 1 is 0.788 bits per heavy atom. The molecule has 174 valence electrons. The first kappa shape index (κ1) is 24.4. The summed E-state index contributed by atoms with van der Waals surface area (Å²) in [6.07, 6.45) is 0. The highest BCUT2D eigenvalue weighted by Crippen LogP contribution is 2.34. The molecule has 0 unspecified atom stereocenters. The minimum absolute atomic E-state index is 0.174. The molecule has 4 rings (SSSR count). The van der Waals surface area contributed by atoms with E-state index in [1.807, 2.05) is 60.7 Å². The molecule has 2 aromatic rings. The van der Waals surface area contributed by atoms with Gasteiger partial charge in [0.2, 0.25) is 0 Å². The fourth-order valence-corrected chi connectivity index (χ4v) is 3.38. The highest BCUT2D eigenvalue weighted by molar-refractivity contribution is 5.87. The molecule has 0 aliphatic carbocycles. The quantitative estimate of drug-likeness (QED) is 0.467. The first-order valence-corrected chi connectivity index (χ1v) is 10.8. The number of carbonyl (C=O) groups is 2. The van der Waals surface area contributed by atoms with Gasteiger partial charge < -0.3 is 18.9 Å². The van der Waals surface area contributed by atoms with Crippen molar-refractivity contribution in [2.45, 2.75) is 24.9 Å². The number of carbonyl (C=O) groups excluding carboxylic acids is 2. The first-order valence-electron chi connectivity index (χ1n) is 10.8. The van der Waals surface area contributed by atoms with Crippen LogP contribution in [-0.2, 0) is 39.6 Å². The van der Waals surface area contributed by atoms with Gasteiger partial charge in [-0.2, -0.15) is 0 Å². The van der Waals surface area contributed by atoms with Crippen molar-refractivity contribution in [2.75, 3.05) is 33.0 Å². The van der Waals surface area contributed by atoms with Crippen LogP contribution in [0, 0.1) is 0 Å². The molecule has 2 fully saturated rings. The van der Waals surface area contributed by atoms with E-state index in [4.69, 9.17) is 18.9 Å². The van der Waals surface area contributed by atoms with Crippen LogP contribution in [0.1, 0.15) is 25.0 Å². The summed E-state index contributed by atoms with van der Waals surface area (Å²) in [6.45, 7) is 12.8. The van der Waals surface area contributed by atoms with E-state index in [0.717, 1.165) is 11.1 Å². The summed E-state index contributed by atoms with van der Waals surface area (Å²) < 4.78 is 21.1. The van der Waals surface area contributed by atoms with Crippen molar-refractivity contribution in [3.05, 3.63) is 96.1 Å². The first-order chi connectivity index (χ1) is 15.8. The Bertz CT molecular complexity index is 988. The Balaban J connectivity index is 0.000000186. The topological polar surface area (TPSA) is 71.1 Å². The van der Waals surface area contributed by atoms with Gasteiger partial charge in [-0.1, -0.05) is 73.8 Å². The van der Waals surface area contributed by atoms with Crippen LogP contribution >= 0.6 is 0 Å². The molecule has 2 aliphatic heterocycles. The minimum Gasteiger partial charge on any atom is -0.461 e. The van der Waals surface area contributed by atoms with Crippen molar-refractivity contribution in [1.82, 2.24) is 0 Å². The number of ether oxygens (including phenoxy) is 4.